The molecule has 2 aromatic rings. The second-order valence-corrected chi connectivity index (χ2v) is 6.78. The molecule has 1 atom stereocenters. The Kier molecular flexibility index (Phi) is 4.51. The molecule has 2 aliphatic heterocycles. The van der Waals surface area contributed by atoms with Crippen molar-refractivity contribution in [3.8, 4) is 23.0 Å². The molecular formula is C20H24N2O4. The molecule has 0 amide bonds. The maximum atomic E-state index is 10.2. The highest BCUT2D eigenvalue weighted by Gasteiger charge is 2.26. The molecule has 0 saturated carbocycles. The van der Waals surface area contributed by atoms with Gasteiger partial charge in [0.2, 0.25) is 6.79 Å². The lowest BCUT2D eigenvalue weighted by Crippen LogP contribution is -2.45. The molecule has 2 aliphatic rings. The van der Waals surface area contributed by atoms with Crippen molar-refractivity contribution in [1.82, 2.24) is 4.90 Å². The molecule has 6 heteroatoms. The SMILES string of the molecule is CCN1C[C@@H](CN(C)Cc2cc3c(cc2O)OCO3)Oc2ccccc21. The topological polar surface area (TPSA) is 54.4 Å². The Labute approximate surface area is 153 Å². The molecule has 2 heterocycles. The molecular weight excluding hydrogens is 332 g/mol. The lowest BCUT2D eigenvalue weighted by atomic mass is 10.1. The van der Waals surface area contributed by atoms with E-state index in [4.69, 9.17) is 14.2 Å². The first-order chi connectivity index (χ1) is 12.6. The van der Waals surface area contributed by atoms with Gasteiger partial charge in [-0.1, -0.05) is 12.1 Å². The van der Waals surface area contributed by atoms with Crippen molar-refractivity contribution in [2.75, 3.05) is 38.4 Å². The molecule has 0 fully saturated rings. The molecule has 1 N–H and O–H groups in total. The fourth-order valence-corrected chi connectivity index (χ4v) is 3.58. The number of benzene rings is 2. The van der Waals surface area contributed by atoms with Gasteiger partial charge >= 0.3 is 0 Å². The maximum Gasteiger partial charge on any atom is 0.231 e. The summed E-state index contributed by atoms with van der Waals surface area (Å²) in [7, 11) is 2.03. The van der Waals surface area contributed by atoms with E-state index in [1.807, 2.05) is 31.3 Å². The summed E-state index contributed by atoms with van der Waals surface area (Å²) in [4.78, 5) is 4.50. The summed E-state index contributed by atoms with van der Waals surface area (Å²) < 4.78 is 16.9. The second-order valence-electron chi connectivity index (χ2n) is 6.78. The first kappa shape index (κ1) is 16.8. The Morgan fingerprint density at radius 2 is 1.92 bits per heavy atom. The van der Waals surface area contributed by atoms with Gasteiger partial charge in [0, 0.05) is 31.3 Å². The molecule has 0 radical (unpaired) electrons. The van der Waals surface area contributed by atoms with E-state index in [9.17, 15) is 5.11 Å². The van der Waals surface area contributed by atoms with Crippen LogP contribution in [0.2, 0.25) is 0 Å². The predicted octanol–water partition coefficient (Wildman–Crippen LogP) is 2.84. The number of hydrogen-bond acceptors (Lipinski definition) is 6. The Balaban J connectivity index is 1.43. The van der Waals surface area contributed by atoms with Crippen LogP contribution < -0.4 is 19.1 Å². The van der Waals surface area contributed by atoms with Crippen molar-refractivity contribution < 1.29 is 19.3 Å². The average molecular weight is 356 g/mol. The van der Waals surface area contributed by atoms with Crippen molar-refractivity contribution in [2.24, 2.45) is 0 Å². The molecule has 26 heavy (non-hydrogen) atoms. The number of aromatic hydroxyl groups is 1. The monoisotopic (exact) mass is 356 g/mol. The van der Waals surface area contributed by atoms with Gasteiger partial charge in [-0.15, -0.1) is 0 Å². The summed E-state index contributed by atoms with van der Waals surface area (Å²) in [5, 5.41) is 10.2. The fourth-order valence-electron chi connectivity index (χ4n) is 3.58. The van der Waals surface area contributed by atoms with Crippen molar-refractivity contribution >= 4 is 5.69 Å². The summed E-state index contributed by atoms with van der Waals surface area (Å²) in [6.07, 6.45) is 0.0750. The van der Waals surface area contributed by atoms with E-state index in [1.165, 1.54) is 0 Å². The number of para-hydroxylation sites is 2. The molecule has 0 unspecified atom stereocenters. The number of likely N-dealkylation sites (N-methyl/N-ethyl adjacent to an activating group) is 2. The zero-order valence-corrected chi connectivity index (χ0v) is 15.1. The number of rotatable bonds is 5. The molecule has 6 nitrogen and oxygen atoms in total. The summed E-state index contributed by atoms with van der Waals surface area (Å²) in [6, 6.07) is 11.6. The summed E-state index contributed by atoms with van der Waals surface area (Å²) >= 11 is 0. The lowest BCUT2D eigenvalue weighted by Gasteiger charge is -2.37. The Bertz CT molecular complexity index is 795. The van der Waals surface area contributed by atoms with Crippen LogP contribution in [0.1, 0.15) is 12.5 Å². The third kappa shape index (κ3) is 3.24. The summed E-state index contributed by atoms with van der Waals surface area (Å²) in [6.45, 7) is 5.53. The lowest BCUT2D eigenvalue weighted by molar-refractivity contribution is 0.139. The Hall–Kier alpha value is -2.60. The quantitative estimate of drug-likeness (QED) is 0.889. The van der Waals surface area contributed by atoms with Gasteiger partial charge in [-0.3, -0.25) is 4.90 Å². The van der Waals surface area contributed by atoms with Crippen LogP contribution in [0.4, 0.5) is 5.69 Å². The van der Waals surface area contributed by atoms with Gasteiger partial charge in [-0.05, 0) is 32.2 Å². The van der Waals surface area contributed by atoms with Crippen LogP contribution in [-0.4, -0.2) is 49.6 Å². The van der Waals surface area contributed by atoms with Gasteiger partial charge in [0.25, 0.3) is 0 Å². The molecule has 0 aliphatic carbocycles. The predicted molar refractivity (Wildman–Crippen MR) is 99.3 cm³/mol. The summed E-state index contributed by atoms with van der Waals surface area (Å²) in [5.41, 5.74) is 1.97. The van der Waals surface area contributed by atoms with E-state index < -0.39 is 0 Å². The van der Waals surface area contributed by atoms with Crippen LogP contribution in [0.3, 0.4) is 0 Å². The molecule has 0 spiro atoms. The number of hydrogen-bond donors (Lipinski definition) is 1. The molecule has 0 saturated heterocycles. The van der Waals surface area contributed by atoms with Crippen LogP contribution in [0, 0.1) is 0 Å². The molecule has 2 aromatic carbocycles. The maximum absolute atomic E-state index is 10.2. The van der Waals surface area contributed by atoms with Gasteiger partial charge < -0.3 is 24.2 Å². The minimum absolute atomic E-state index is 0.0750. The highest BCUT2D eigenvalue weighted by molar-refractivity contribution is 5.60. The Morgan fingerprint density at radius 3 is 2.73 bits per heavy atom. The van der Waals surface area contributed by atoms with Gasteiger partial charge in [-0.2, -0.15) is 0 Å². The number of phenolic OH excluding ortho intramolecular Hbond substituents is 1. The molecule has 4 rings (SSSR count). The van der Waals surface area contributed by atoms with Gasteiger partial charge in [-0.25, -0.2) is 0 Å². The van der Waals surface area contributed by atoms with Crippen LogP contribution in [0.15, 0.2) is 36.4 Å². The zero-order chi connectivity index (χ0) is 18.1. The average Bonchev–Trinajstić information content (AvgIpc) is 3.08. The zero-order valence-electron chi connectivity index (χ0n) is 15.1. The number of ether oxygens (including phenoxy) is 3. The minimum Gasteiger partial charge on any atom is -0.507 e. The fraction of sp³-hybridized carbons (Fsp3) is 0.400. The largest absolute Gasteiger partial charge is 0.507 e. The minimum atomic E-state index is 0.0750. The van der Waals surface area contributed by atoms with Gasteiger partial charge in [0.05, 0.1) is 12.2 Å². The number of fused-ring (bicyclic) bond motifs is 2. The first-order valence-electron chi connectivity index (χ1n) is 8.94. The highest BCUT2D eigenvalue weighted by atomic mass is 16.7. The van der Waals surface area contributed by atoms with E-state index in [1.54, 1.807) is 6.07 Å². The van der Waals surface area contributed by atoms with Gasteiger partial charge in [0.1, 0.15) is 17.6 Å². The summed E-state index contributed by atoms with van der Waals surface area (Å²) in [5.74, 6) is 2.45. The van der Waals surface area contributed by atoms with Crippen molar-refractivity contribution in [2.45, 2.75) is 19.6 Å². The van der Waals surface area contributed by atoms with Crippen molar-refractivity contribution in [1.29, 1.82) is 0 Å². The standard InChI is InChI=1S/C20H24N2O4/c1-3-22-12-15(26-18-7-5-4-6-16(18)22)11-21(2)10-14-8-19-20(9-17(14)23)25-13-24-19/h4-9,15,23H,3,10-13H2,1-2H3/t15-/m1/s1. The number of nitrogens with zero attached hydrogens (tertiary/aromatic N) is 2. The second kappa shape index (κ2) is 6.96. The Morgan fingerprint density at radius 1 is 1.15 bits per heavy atom. The normalized spacial score (nSPS) is 18.0. The van der Waals surface area contributed by atoms with E-state index in [0.717, 1.165) is 36.6 Å². The van der Waals surface area contributed by atoms with Crippen molar-refractivity contribution in [3.05, 3.63) is 42.0 Å². The van der Waals surface area contributed by atoms with E-state index in [2.05, 4.69) is 22.8 Å². The smallest absolute Gasteiger partial charge is 0.231 e. The van der Waals surface area contributed by atoms with Gasteiger partial charge in [0.15, 0.2) is 11.5 Å². The molecule has 138 valence electrons. The number of anilines is 1. The van der Waals surface area contributed by atoms with E-state index in [-0.39, 0.29) is 18.6 Å². The van der Waals surface area contributed by atoms with Crippen molar-refractivity contribution in [3.63, 3.8) is 0 Å². The number of phenols is 1. The first-order valence-corrected chi connectivity index (χ1v) is 8.94. The van der Waals surface area contributed by atoms with Crippen LogP contribution in [0.5, 0.6) is 23.0 Å². The van der Waals surface area contributed by atoms with E-state index in [0.29, 0.717) is 18.0 Å². The molecule has 0 bridgehead atoms. The third-order valence-corrected chi connectivity index (χ3v) is 4.83. The van der Waals surface area contributed by atoms with Crippen LogP contribution in [0.25, 0.3) is 0 Å². The van der Waals surface area contributed by atoms with E-state index >= 15 is 0 Å². The molecule has 0 aromatic heterocycles. The van der Waals surface area contributed by atoms with Crippen LogP contribution >= 0.6 is 0 Å². The highest BCUT2D eigenvalue weighted by Crippen LogP contribution is 2.38. The third-order valence-electron chi connectivity index (χ3n) is 4.83. The van der Waals surface area contributed by atoms with Crippen LogP contribution in [-0.2, 0) is 6.54 Å².